The van der Waals surface area contributed by atoms with Crippen LogP contribution < -0.4 is 14.8 Å². The SMILES string of the molecule is O=C(Nc1ccc2c(c1)OCCO2)c1nn(-c2ccc(F)cc2)c2c1CCC2. The summed E-state index contributed by atoms with van der Waals surface area (Å²) < 4.78 is 26.1. The number of nitrogens with zero attached hydrogens (tertiary/aromatic N) is 2. The largest absolute Gasteiger partial charge is 0.486 e. The molecule has 0 unspecified atom stereocenters. The molecule has 28 heavy (non-hydrogen) atoms. The molecule has 5 rings (SSSR count). The van der Waals surface area contributed by atoms with Gasteiger partial charge in [0.1, 0.15) is 19.0 Å². The Balaban J connectivity index is 1.45. The van der Waals surface area contributed by atoms with E-state index in [0.717, 1.165) is 36.2 Å². The molecule has 0 fully saturated rings. The van der Waals surface area contributed by atoms with E-state index < -0.39 is 0 Å². The summed E-state index contributed by atoms with van der Waals surface area (Å²) in [5.41, 5.74) is 3.75. The summed E-state index contributed by atoms with van der Waals surface area (Å²) in [7, 11) is 0. The quantitative estimate of drug-likeness (QED) is 0.756. The minimum Gasteiger partial charge on any atom is -0.486 e. The van der Waals surface area contributed by atoms with Gasteiger partial charge in [-0.2, -0.15) is 5.10 Å². The molecule has 6 nitrogen and oxygen atoms in total. The Kier molecular flexibility index (Phi) is 4.00. The number of carbonyl (C=O) groups excluding carboxylic acids is 1. The first kappa shape index (κ1) is 16.8. The average Bonchev–Trinajstić information content (AvgIpc) is 3.31. The minimum atomic E-state index is -0.302. The molecule has 7 heteroatoms. The van der Waals surface area contributed by atoms with Crippen LogP contribution in [0, 0.1) is 5.82 Å². The van der Waals surface area contributed by atoms with E-state index in [9.17, 15) is 9.18 Å². The highest BCUT2D eigenvalue weighted by Gasteiger charge is 2.27. The van der Waals surface area contributed by atoms with E-state index in [1.165, 1.54) is 12.1 Å². The average molecular weight is 379 g/mol. The summed E-state index contributed by atoms with van der Waals surface area (Å²) in [4.78, 5) is 12.9. The van der Waals surface area contributed by atoms with Crippen molar-refractivity contribution < 1.29 is 18.7 Å². The molecular weight excluding hydrogens is 361 g/mol. The lowest BCUT2D eigenvalue weighted by Crippen LogP contribution is -2.17. The van der Waals surface area contributed by atoms with Crippen molar-refractivity contribution >= 4 is 11.6 Å². The molecule has 0 spiro atoms. The van der Waals surface area contributed by atoms with Gasteiger partial charge in [-0.3, -0.25) is 4.79 Å². The highest BCUT2D eigenvalue weighted by molar-refractivity contribution is 6.04. The standard InChI is InChI=1S/C21H18FN3O3/c22-13-4-7-15(8-5-13)25-17-3-1-2-16(17)20(24-25)21(26)23-14-6-9-18-19(12-14)28-11-10-27-18/h4-9,12H,1-3,10-11H2,(H,23,26). The zero-order valence-electron chi connectivity index (χ0n) is 15.1. The van der Waals surface area contributed by atoms with Crippen molar-refractivity contribution in [2.75, 3.05) is 18.5 Å². The molecule has 0 atom stereocenters. The Hall–Kier alpha value is -3.35. The van der Waals surface area contributed by atoms with Gasteiger partial charge < -0.3 is 14.8 Å². The number of benzene rings is 2. The van der Waals surface area contributed by atoms with Crippen molar-refractivity contribution in [1.82, 2.24) is 9.78 Å². The summed E-state index contributed by atoms with van der Waals surface area (Å²) in [6.07, 6.45) is 2.62. The number of fused-ring (bicyclic) bond motifs is 2. The Morgan fingerprint density at radius 2 is 1.82 bits per heavy atom. The van der Waals surface area contributed by atoms with Gasteiger partial charge in [-0.25, -0.2) is 9.07 Å². The molecule has 142 valence electrons. The molecule has 1 N–H and O–H groups in total. The monoisotopic (exact) mass is 379 g/mol. The van der Waals surface area contributed by atoms with E-state index in [1.807, 2.05) is 0 Å². The van der Waals surface area contributed by atoms with E-state index in [1.54, 1.807) is 35.0 Å². The van der Waals surface area contributed by atoms with Gasteiger partial charge in [0.05, 0.1) is 5.69 Å². The number of aromatic nitrogens is 2. The lowest BCUT2D eigenvalue weighted by molar-refractivity contribution is 0.102. The van der Waals surface area contributed by atoms with Gasteiger partial charge in [-0.1, -0.05) is 0 Å². The molecule has 2 heterocycles. The number of carbonyl (C=O) groups is 1. The second-order valence-corrected chi connectivity index (χ2v) is 6.83. The zero-order valence-corrected chi connectivity index (χ0v) is 15.1. The highest BCUT2D eigenvalue weighted by Crippen LogP contribution is 2.33. The molecule has 2 aromatic carbocycles. The number of rotatable bonds is 3. The Morgan fingerprint density at radius 3 is 2.64 bits per heavy atom. The third-order valence-electron chi connectivity index (χ3n) is 5.02. The third kappa shape index (κ3) is 2.89. The maximum absolute atomic E-state index is 13.3. The number of anilines is 1. The van der Waals surface area contributed by atoms with Crippen LogP contribution in [0.4, 0.5) is 10.1 Å². The van der Waals surface area contributed by atoms with E-state index >= 15 is 0 Å². The fourth-order valence-electron chi connectivity index (χ4n) is 3.73. The summed E-state index contributed by atoms with van der Waals surface area (Å²) in [5, 5.41) is 7.44. The van der Waals surface area contributed by atoms with Crippen LogP contribution in [0.15, 0.2) is 42.5 Å². The van der Waals surface area contributed by atoms with Crippen LogP contribution in [0.5, 0.6) is 11.5 Å². The number of halogens is 1. The smallest absolute Gasteiger partial charge is 0.276 e. The van der Waals surface area contributed by atoms with Gasteiger partial charge in [-0.05, 0) is 55.7 Å². The van der Waals surface area contributed by atoms with Crippen molar-refractivity contribution in [3.63, 3.8) is 0 Å². The van der Waals surface area contributed by atoms with E-state index in [4.69, 9.17) is 9.47 Å². The second kappa shape index (κ2) is 6.67. The molecule has 1 aromatic heterocycles. The van der Waals surface area contributed by atoms with Crippen molar-refractivity contribution in [2.24, 2.45) is 0 Å². The fourth-order valence-corrected chi connectivity index (χ4v) is 3.73. The van der Waals surface area contributed by atoms with Crippen molar-refractivity contribution in [3.05, 3.63) is 65.2 Å². The Morgan fingerprint density at radius 1 is 1.04 bits per heavy atom. The van der Waals surface area contributed by atoms with Gasteiger partial charge in [0.25, 0.3) is 5.91 Å². The van der Waals surface area contributed by atoms with Crippen LogP contribution in [0.3, 0.4) is 0 Å². The molecule has 0 saturated heterocycles. The first-order valence-corrected chi connectivity index (χ1v) is 9.27. The van der Waals surface area contributed by atoms with E-state index in [-0.39, 0.29) is 11.7 Å². The summed E-state index contributed by atoms with van der Waals surface area (Å²) in [6, 6.07) is 11.4. The molecule has 1 amide bonds. The van der Waals surface area contributed by atoms with Crippen LogP contribution in [0.1, 0.15) is 28.2 Å². The van der Waals surface area contributed by atoms with Crippen molar-refractivity contribution in [2.45, 2.75) is 19.3 Å². The molecule has 0 radical (unpaired) electrons. The van der Waals surface area contributed by atoms with Crippen LogP contribution in [0.25, 0.3) is 5.69 Å². The summed E-state index contributed by atoms with van der Waals surface area (Å²) in [6.45, 7) is 1.01. The van der Waals surface area contributed by atoms with Crippen LogP contribution in [0.2, 0.25) is 0 Å². The maximum atomic E-state index is 13.3. The van der Waals surface area contributed by atoms with Gasteiger partial charge in [0, 0.05) is 23.0 Å². The molecule has 1 aliphatic heterocycles. The number of nitrogens with one attached hydrogen (secondary N) is 1. The summed E-state index contributed by atoms with van der Waals surface area (Å²) >= 11 is 0. The predicted molar refractivity (Wildman–Crippen MR) is 101 cm³/mol. The number of hydrogen-bond acceptors (Lipinski definition) is 4. The maximum Gasteiger partial charge on any atom is 0.276 e. The van der Waals surface area contributed by atoms with Crippen LogP contribution >= 0.6 is 0 Å². The number of amides is 1. The lowest BCUT2D eigenvalue weighted by atomic mass is 10.2. The first-order valence-electron chi connectivity index (χ1n) is 9.27. The van der Waals surface area contributed by atoms with Crippen LogP contribution in [-0.2, 0) is 12.8 Å². The lowest BCUT2D eigenvalue weighted by Gasteiger charge is -2.18. The number of ether oxygens (including phenoxy) is 2. The Bertz CT molecular complexity index is 1060. The zero-order chi connectivity index (χ0) is 19.1. The van der Waals surface area contributed by atoms with E-state index in [0.29, 0.717) is 36.1 Å². The topological polar surface area (TPSA) is 65.4 Å². The summed E-state index contributed by atoms with van der Waals surface area (Å²) in [5.74, 6) is 0.719. The minimum absolute atomic E-state index is 0.268. The Labute approximate surface area is 160 Å². The molecule has 0 saturated carbocycles. The van der Waals surface area contributed by atoms with Gasteiger partial charge in [0.2, 0.25) is 0 Å². The fraction of sp³-hybridized carbons (Fsp3) is 0.238. The van der Waals surface area contributed by atoms with E-state index in [2.05, 4.69) is 10.4 Å². The van der Waals surface area contributed by atoms with Crippen molar-refractivity contribution in [3.8, 4) is 17.2 Å². The van der Waals surface area contributed by atoms with Crippen molar-refractivity contribution in [1.29, 1.82) is 0 Å². The van der Waals surface area contributed by atoms with Gasteiger partial charge >= 0.3 is 0 Å². The molecular formula is C21H18FN3O3. The molecule has 3 aromatic rings. The van der Waals surface area contributed by atoms with Gasteiger partial charge in [-0.15, -0.1) is 0 Å². The predicted octanol–water partition coefficient (Wildman–Crippen LogP) is 3.52. The van der Waals surface area contributed by atoms with Crippen LogP contribution in [-0.4, -0.2) is 28.9 Å². The normalized spacial score (nSPS) is 14.6. The van der Waals surface area contributed by atoms with Gasteiger partial charge in [0.15, 0.2) is 17.2 Å². The molecule has 0 bridgehead atoms. The third-order valence-corrected chi connectivity index (χ3v) is 5.02. The first-order chi connectivity index (χ1) is 13.7. The second-order valence-electron chi connectivity index (χ2n) is 6.83. The molecule has 2 aliphatic rings. The highest BCUT2D eigenvalue weighted by atomic mass is 19.1. The number of hydrogen-bond donors (Lipinski definition) is 1. The molecule has 1 aliphatic carbocycles.